The maximum absolute atomic E-state index is 13.3. The van der Waals surface area contributed by atoms with Gasteiger partial charge in [-0.2, -0.15) is 0 Å². The van der Waals surface area contributed by atoms with Crippen LogP contribution in [0.5, 0.6) is 0 Å². The molecular formula is C15H26FN3. The van der Waals surface area contributed by atoms with Crippen LogP contribution < -0.4 is 10.2 Å². The molecule has 0 spiro atoms. The molecule has 1 aromatic rings. The minimum Gasteiger partial charge on any atom is -0.359 e. The van der Waals surface area contributed by atoms with E-state index in [9.17, 15) is 4.39 Å². The molecule has 0 aliphatic carbocycles. The van der Waals surface area contributed by atoms with E-state index in [0.717, 1.165) is 24.3 Å². The molecule has 0 amide bonds. The zero-order valence-corrected chi connectivity index (χ0v) is 12.5. The summed E-state index contributed by atoms with van der Waals surface area (Å²) in [5.41, 5.74) is 0.924. The summed E-state index contributed by atoms with van der Waals surface area (Å²) in [5, 5.41) is 3.32. The molecule has 1 N–H and O–H groups in total. The lowest BCUT2D eigenvalue weighted by molar-refractivity contribution is 0.576. The molecule has 108 valence electrons. The number of pyridine rings is 1. The highest BCUT2D eigenvalue weighted by atomic mass is 19.1. The first-order chi connectivity index (χ1) is 9.04. The number of anilines is 1. The summed E-state index contributed by atoms with van der Waals surface area (Å²) in [5.74, 6) is 0.608. The second-order valence-electron chi connectivity index (χ2n) is 5.30. The number of rotatable bonds is 8. The van der Waals surface area contributed by atoms with Gasteiger partial charge in [-0.05, 0) is 12.5 Å². The molecule has 1 rings (SSSR count). The van der Waals surface area contributed by atoms with Gasteiger partial charge in [-0.25, -0.2) is 9.37 Å². The average molecular weight is 267 g/mol. The highest BCUT2D eigenvalue weighted by Crippen LogP contribution is 2.18. The van der Waals surface area contributed by atoms with E-state index in [1.54, 1.807) is 6.07 Å². The number of aromatic nitrogens is 1. The SMILES string of the molecule is CCCCCN(C)c1ncc(F)cc1CNC(C)C. The number of unbranched alkanes of at least 4 members (excludes halogenated alkanes) is 2. The highest BCUT2D eigenvalue weighted by molar-refractivity contribution is 5.46. The average Bonchev–Trinajstić information content (AvgIpc) is 2.36. The first kappa shape index (κ1) is 15.9. The molecule has 0 aromatic carbocycles. The second kappa shape index (κ2) is 8.10. The summed E-state index contributed by atoms with van der Waals surface area (Å²) < 4.78 is 13.3. The first-order valence-electron chi connectivity index (χ1n) is 7.13. The van der Waals surface area contributed by atoms with Crippen LogP contribution in [0.15, 0.2) is 12.3 Å². The lowest BCUT2D eigenvalue weighted by Gasteiger charge is -2.22. The Hall–Kier alpha value is -1.16. The number of hydrogen-bond donors (Lipinski definition) is 1. The van der Waals surface area contributed by atoms with Crippen LogP contribution in [-0.4, -0.2) is 24.6 Å². The minimum absolute atomic E-state index is 0.272. The van der Waals surface area contributed by atoms with Gasteiger partial charge in [0.15, 0.2) is 0 Å². The fraction of sp³-hybridized carbons (Fsp3) is 0.667. The van der Waals surface area contributed by atoms with E-state index in [1.807, 2.05) is 7.05 Å². The van der Waals surface area contributed by atoms with E-state index in [2.05, 4.69) is 36.0 Å². The molecule has 0 saturated heterocycles. The Labute approximate surface area is 116 Å². The second-order valence-corrected chi connectivity index (χ2v) is 5.30. The lowest BCUT2D eigenvalue weighted by atomic mass is 10.2. The van der Waals surface area contributed by atoms with Crippen LogP contribution in [0, 0.1) is 5.82 Å². The zero-order chi connectivity index (χ0) is 14.3. The van der Waals surface area contributed by atoms with Crippen LogP contribution in [0.4, 0.5) is 10.2 Å². The fourth-order valence-corrected chi connectivity index (χ4v) is 1.97. The molecule has 4 heteroatoms. The van der Waals surface area contributed by atoms with Crippen molar-refractivity contribution in [1.82, 2.24) is 10.3 Å². The van der Waals surface area contributed by atoms with Crippen molar-refractivity contribution < 1.29 is 4.39 Å². The molecule has 0 atom stereocenters. The Morgan fingerprint density at radius 1 is 1.37 bits per heavy atom. The molecule has 3 nitrogen and oxygen atoms in total. The van der Waals surface area contributed by atoms with Gasteiger partial charge in [0.25, 0.3) is 0 Å². The van der Waals surface area contributed by atoms with Gasteiger partial charge in [-0.1, -0.05) is 33.6 Å². The lowest BCUT2D eigenvalue weighted by Crippen LogP contribution is -2.26. The molecular weight excluding hydrogens is 241 g/mol. The molecule has 0 saturated carbocycles. The van der Waals surface area contributed by atoms with Gasteiger partial charge in [-0.3, -0.25) is 0 Å². The quantitative estimate of drug-likeness (QED) is 0.732. The van der Waals surface area contributed by atoms with E-state index in [-0.39, 0.29) is 5.82 Å². The summed E-state index contributed by atoms with van der Waals surface area (Å²) in [7, 11) is 2.02. The largest absolute Gasteiger partial charge is 0.359 e. The van der Waals surface area contributed by atoms with Crippen LogP contribution in [0.25, 0.3) is 0 Å². The molecule has 0 radical (unpaired) electrons. The van der Waals surface area contributed by atoms with Gasteiger partial charge in [0, 0.05) is 31.7 Å². The van der Waals surface area contributed by atoms with Crippen molar-refractivity contribution in [2.75, 3.05) is 18.5 Å². The Kier molecular flexibility index (Phi) is 6.78. The van der Waals surface area contributed by atoms with E-state index in [0.29, 0.717) is 12.6 Å². The van der Waals surface area contributed by atoms with Gasteiger partial charge in [0.05, 0.1) is 6.20 Å². The standard InChI is InChI=1S/C15H26FN3/c1-5-6-7-8-19(4)15-13(10-17-12(2)3)9-14(16)11-18-15/h9,11-12,17H,5-8,10H2,1-4H3. The molecule has 19 heavy (non-hydrogen) atoms. The first-order valence-corrected chi connectivity index (χ1v) is 7.13. The van der Waals surface area contributed by atoms with E-state index < -0.39 is 0 Å². The monoisotopic (exact) mass is 267 g/mol. The van der Waals surface area contributed by atoms with Crippen molar-refractivity contribution >= 4 is 5.82 Å². The molecule has 0 fully saturated rings. The van der Waals surface area contributed by atoms with Gasteiger partial charge < -0.3 is 10.2 Å². The Morgan fingerprint density at radius 2 is 2.11 bits per heavy atom. The maximum Gasteiger partial charge on any atom is 0.141 e. The molecule has 1 heterocycles. The topological polar surface area (TPSA) is 28.2 Å². The zero-order valence-electron chi connectivity index (χ0n) is 12.5. The summed E-state index contributed by atoms with van der Waals surface area (Å²) >= 11 is 0. The predicted molar refractivity (Wildman–Crippen MR) is 79.0 cm³/mol. The number of nitrogens with one attached hydrogen (secondary N) is 1. The van der Waals surface area contributed by atoms with Crippen LogP contribution >= 0.6 is 0 Å². The normalized spacial score (nSPS) is 11.1. The maximum atomic E-state index is 13.3. The Morgan fingerprint density at radius 3 is 2.74 bits per heavy atom. The third kappa shape index (κ3) is 5.55. The van der Waals surface area contributed by atoms with Crippen LogP contribution in [0.3, 0.4) is 0 Å². The molecule has 1 aromatic heterocycles. The summed E-state index contributed by atoms with van der Waals surface area (Å²) in [6.07, 6.45) is 4.85. The third-order valence-corrected chi connectivity index (χ3v) is 3.07. The molecule has 0 bridgehead atoms. The summed E-state index contributed by atoms with van der Waals surface area (Å²) in [6.45, 7) is 7.96. The predicted octanol–water partition coefficient (Wildman–Crippen LogP) is 3.35. The number of hydrogen-bond acceptors (Lipinski definition) is 3. The Balaban J connectivity index is 2.74. The summed E-state index contributed by atoms with van der Waals surface area (Å²) in [4.78, 5) is 6.36. The van der Waals surface area contributed by atoms with Crippen molar-refractivity contribution in [3.63, 3.8) is 0 Å². The minimum atomic E-state index is -0.272. The van der Waals surface area contributed by atoms with Gasteiger partial charge in [-0.15, -0.1) is 0 Å². The van der Waals surface area contributed by atoms with Crippen molar-refractivity contribution in [2.24, 2.45) is 0 Å². The van der Waals surface area contributed by atoms with Crippen molar-refractivity contribution in [3.05, 3.63) is 23.6 Å². The molecule has 0 unspecified atom stereocenters. The third-order valence-electron chi connectivity index (χ3n) is 3.07. The van der Waals surface area contributed by atoms with E-state index in [4.69, 9.17) is 0 Å². The van der Waals surface area contributed by atoms with E-state index >= 15 is 0 Å². The van der Waals surface area contributed by atoms with Gasteiger partial charge >= 0.3 is 0 Å². The van der Waals surface area contributed by atoms with Crippen LogP contribution in [-0.2, 0) is 6.54 Å². The van der Waals surface area contributed by atoms with Crippen molar-refractivity contribution in [2.45, 2.75) is 52.6 Å². The number of halogens is 1. The van der Waals surface area contributed by atoms with Crippen molar-refractivity contribution in [3.8, 4) is 0 Å². The van der Waals surface area contributed by atoms with E-state index in [1.165, 1.54) is 19.0 Å². The highest BCUT2D eigenvalue weighted by Gasteiger charge is 2.10. The number of nitrogens with zero attached hydrogens (tertiary/aromatic N) is 2. The fourth-order valence-electron chi connectivity index (χ4n) is 1.97. The van der Waals surface area contributed by atoms with Crippen molar-refractivity contribution in [1.29, 1.82) is 0 Å². The summed E-state index contributed by atoms with van der Waals surface area (Å²) in [6, 6.07) is 1.95. The molecule has 0 aliphatic heterocycles. The van der Waals surface area contributed by atoms with Gasteiger partial charge in [0.1, 0.15) is 11.6 Å². The van der Waals surface area contributed by atoms with Crippen LogP contribution in [0.2, 0.25) is 0 Å². The van der Waals surface area contributed by atoms with Crippen LogP contribution in [0.1, 0.15) is 45.6 Å². The smallest absolute Gasteiger partial charge is 0.141 e. The molecule has 0 aliphatic rings. The Bertz CT molecular complexity index is 380. The van der Waals surface area contributed by atoms with Gasteiger partial charge in [0.2, 0.25) is 0 Å².